The van der Waals surface area contributed by atoms with Crippen molar-refractivity contribution >= 4 is 15.6 Å². The third-order valence-corrected chi connectivity index (χ3v) is 5.02. The molecular formula is C16H21NO4S. The second kappa shape index (κ2) is 7.54. The number of ketones is 1. The quantitative estimate of drug-likeness (QED) is 0.800. The Hall–Kier alpha value is -1.69. The van der Waals surface area contributed by atoms with E-state index in [1.165, 1.54) is 25.2 Å². The Labute approximate surface area is 131 Å². The Morgan fingerprint density at radius 3 is 2.41 bits per heavy atom. The first-order chi connectivity index (χ1) is 10.5. The molecule has 0 N–H and O–H groups in total. The van der Waals surface area contributed by atoms with E-state index >= 15 is 0 Å². The van der Waals surface area contributed by atoms with E-state index in [4.69, 9.17) is 4.74 Å². The smallest absolute Gasteiger partial charge is 0.213 e. The lowest BCUT2D eigenvalue weighted by Crippen LogP contribution is -2.11. The average Bonchev–Trinajstić information content (AvgIpc) is 3.11. The molecule has 6 heteroatoms. The van der Waals surface area contributed by atoms with E-state index in [0.29, 0.717) is 29.7 Å². The lowest BCUT2D eigenvalue weighted by atomic mass is 10.2. The minimum absolute atomic E-state index is 0.0370. The number of pyridine rings is 1. The lowest BCUT2D eigenvalue weighted by Gasteiger charge is -2.11. The number of hydrogen-bond donors (Lipinski definition) is 0. The fourth-order valence-electron chi connectivity index (χ4n) is 2.35. The highest BCUT2D eigenvalue weighted by Crippen LogP contribution is 2.22. The zero-order valence-electron chi connectivity index (χ0n) is 12.7. The molecule has 2 heterocycles. The molecule has 22 heavy (non-hydrogen) atoms. The van der Waals surface area contributed by atoms with Gasteiger partial charge < -0.3 is 4.74 Å². The first-order valence-corrected chi connectivity index (χ1v) is 9.21. The number of Topliss-reactive ketones (excluding diaryl/α,β-unsaturated/α-hetero) is 1. The summed E-state index contributed by atoms with van der Waals surface area (Å²) in [4.78, 5) is 15.1. The summed E-state index contributed by atoms with van der Waals surface area (Å²) in [5, 5.41) is 1.27. The third kappa shape index (κ3) is 5.26. The average molecular weight is 323 g/mol. The maximum absolute atomic E-state index is 11.0. The summed E-state index contributed by atoms with van der Waals surface area (Å²) in [7, 11) is -2.73. The Morgan fingerprint density at radius 2 is 2.00 bits per heavy atom. The van der Waals surface area contributed by atoms with Crippen LogP contribution in [0.2, 0.25) is 0 Å². The summed E-state index contributed by atoms with van der Waals surface area (Å²) in [5.74, 6) is 0.981. The van der Waals surface area contributed by atoms with Gasteiger partial charge in [-0.05, 0) is 45.1 Å². The molecule has 2 aliphatic rings. The van der Waals surface area contributed by atoms with Crippen LogP contribution in [0.5, 0.6) is 5.88 Å². The largest absolute Gasteiger partial charge is 0.474 e. The van der Waals surface area contributed by atoms with E-state index in [2.05, 4.69) is 4.98 Å². The van der Waals surface area contributed by atoms with Crippen molar-refractivity contribution in [1.29, 1.82) is 0 Å². The molecule has 0 unspecified atom stereocenters. The molecule has 3 rings (SSSR count). The summed E-state index contributed by atoms with van der Waals surface area (Å²) in [6, 6.07) is 3.54. The molecule has 0 amide bonds. The van der Waals surface area contributed by atoms with E-state index in [1.54, 1.807) is 24.4 Å². The first kappa shape index (κ1) is 16.7. The standard InChI is InChI=1S/C12H15NO2.C4H6O2S/c1-9(14)10-6-7-12(13-8-10)15-11-4-2-3-5-11;5-7(6)3-1-2-4-7/h6-8,11H,2-5H2,1H3;1,3H,2,4H2. The van der Waals surface area contributed by atoms with E-state index in [1.807, 2.05) is 0 Å². The predicted octanol–water partition coefficient (Wildman–Crippen LogP) is 2.92. The fraction of sp³-hybridized carbons (Fsp3) is 0.500. The number of carbonyl (C=O) groups excluding carboxylic acids is 1. The van der Waals surface area contributed by atoms with Crippen LogP contribution in [0, 0.1) is 0 Å². The zero-order valence-corrected chi connectivity index (χ0v) is 13.5. The highest BCUT2D eigenvalue weighted by molar-refractivity contribution is 7.94. The van der Waals surface area contributed by atoms with E-state index in [-0.39, 0.29) is 5.78 Å². The van der Waals surface area contributed by atoms with Crippen LogP contribution in [0.25, 0.3) is 0 Å². The third-order valence-electron chi connectivity index (χ3n) is 3.61. The minimum Gasteiger partial charge on any atom is -0.474 e. The van der Waals surface area contributed by atoms with Gasteiger partial charge in [0.05, 0.1) is 5.75 Å². The van der Waals surface area contributed by atoms with Crippen molar-refractivity contribution in [2.24, 2.45) is 0 Å². The van der Waals surface area contributed by atoms with Gasteiger partial charge in [0.25, 0.3) is 0 Å². The van der Waals surface area contributed by atoms with Crippen LogP contribution in [0.15, 0.2) is 29.8 Å². The van der Waals surface area contributed by atoms with Gasteiger partial charge in [0.1, 0.15) is 6.10 Å². The predicted molar refractivity (Wildman–Crippen MR) is 84.7 cm³/mol. The van der Waals surface area contributed by atoms with Crippen molar-refractivity contribution in [1.82, 2.24) is 4.98 Å². The Bertz CT molecular complexity index is 629. The van der Waals surface area contributed by atoms with Crippen LogP contribution in [-0.2, 0) is 9.84 Å². The van der Waals surface area contributed by atoms with Gasteiger partial charge in [-0.1, -0.05) is 6.08 Å². The van der Waals surface area contributed by atoms with Gasteiger partial charge in [0.2, 0.25) is 5.88 Å². The molecule has 5 nitrogen and oxygen atoms in total. The van der Waals surface area contributed by atoms with Gasteiger partial charge in [-0.2, -0.15) is 0 Å². The number of allylic oxidation sites excluding steroid dienone is 1. The fourth-order valence-corrected chi connectivity index (χ4v) is 3.38. The van der Waals surface area contributed by atoms with Crippen molar-refractivity contribution in [2.75, 3.05) is 5.75 Å². The van der Waals surface area contributed by atoms with Crippen LogP contribution >= 0.6 is 0 Å². The molecule has 1 aromatic heterocycles. The molecule has 0 radical (unpaired) electrons. The maximum atomic E-state index is 11.0. The Kier molecular flexibility index (Phi) is 5.71. The summed E-state index contributed by atoms with van der Waals surface area (Å²) in [5.41, 5.74) is 0.633. The van der Waals surface area contributed by atoms with Gasteiger partial charge in [-0.25, -0.2) is 13.4 Å². The topological polar surface area (TPSA) is 73.3 Å². The first-order valence-electron chi connectivity index (χ1n) is 7.49. The number of carbonyl (C=O) groups is 1. The van der Waals surface area contributed by atoms with Crippen molar-refractivity contribution < 1.29 is 17.9 Å². The molecule has 0 aromatic carbocycles. The van der Waals surface area contributed by atoms with Crippen LogP contribution in [0.3, 0.4) is 0 Å². The van der Waals surface area contributed by atoms with Crippen molar-refractivity contribution in [3.63, 3.8) is 0 Å². The minimum atomic E-state index is -2.73. The summed E-state index contributed by atoms with van der Waals surface area (Å²) < 4.78 is 26.4. The number of ether oxygens (including phenoxy) is 1. The molecule has 120 valence electrons. The van der Waals surface area contributed by atoms with Crippen LogP contribution in [0.1, 0.15) is 49.4 Å². The number of hydrogen-bond acceptors (Lipinski definition) is 5. The van der Waals surface area contributed by atoms with Gasteiger partial charge in [-0.15, -0.1) is 0 Å². The number of aromatic nitrogens is 1. The lowest BCUT2D eigenvalue weighted by molar-refractivity contribution is 0.101. The molecule has 1 aliphatic carbocycles. The second-order valence-corrected chi connectivity index (χ2v) is 7.50. The molecule has 1 fully saturated rings. The Balaban J connectivity index is 0.000000211. The molecule has 0 spiro atoms. The van der Waals surface area contributed by atoms with Crippen molar-refractivity contribution in [2.45, 2.75) is 45.1 Å². The van der Waals surface area contributed by atoms with Crippen LogP contribution < -0.4 is 4.74 Å². The van der Waals surface area contributed by atoms with Gasteiger partial charge in [0.15, 0.2) is 15.6 Å². The Morgan fingerprint density at radius 1 is 1.27 bits per heavy atom. The summed E-state index contributed by atoms with van der Waals surface area (Å²) >= 11 is 0. The molecule has 1 aliphatic heterocycles. The van der Waals surface area contributed by atoms with Crippen molar-refractivity contribution in [3.8, 4) is 5.88 Å². The van der Waals surface area contributed by atoms with Gasteiger partial charge in [-0.3, -0.25) is 4.79 Å². The van der Waals surface area contributed by atoms with Gasteiger partial charge >= 0.3 is 0 Å². The summed E-state index contributed by atoms with van der Waals surface area (Å²) in [6.45, 7) is 1.54. The monoisotopic (exact) mass is 323 g/mol. The van der Waals surface area contributed by atoms with Crippen LogP contribution in [0.4, 0.5) is 0 Å². The van der Waals surface area contributed by atoms with Crippen molar-refractivity contribution in [3.05, 3.63) is 35.4 Å². The van der Waals surface area contributed by atoms with E-state index in [0.717, 1.165) is 12.8 Å². The van der Waals surface area contributed by atoms with E-state index in [9.17, 15) is 13.2 Å². The second-order valence-electron chi connectivity index (χ2n) is 5.49. The zero-order chi connectivity index (χ0) is 16.0. The molecule has 0 bridgehead atoms. The molecule has 1 aromatic rings. The molecule has 0 saturated heterocycles. The maximum Gasteiger partial charge on any atom is 0.213 e. The molecule has 1 saturated carbocycles. The number of sulfone groups is 1. The number of nitrogens with zero attached hydrogens (tertiary/aromatic N) is 1. The summed E-state index contributed by atoms with van der Waals surface area (Å²) in [6.07, 6.45) is 9.00. The van der Waals surface area contributed by atoms with Gasteiger partial charge in [0, 0.05) is 23.2 Å². The SMILES string of the molecule is CC(=O)c1ccc(OC2CCCC2)nc1.O=S1(=O)C=CCC1. The highest BCUT2D eigenvalue weighted by atomic mass is 32.2. The normalized spacial score (nSPS) is 19.5. The van der Waals surface area contributed by atoms with Crippen LogP contribution in [-0.4, -0.2) is 31.0 Å². The molecule has 0 atom stereocenters. The molecular weight excluding hydrogens is 302 g/mol. The highest BCUT2D eigenvalue weighted by Gasteiger charge is 2.16. The van der Waals surface area contributed by atoms with E-state index < -0.39 is 9.84 Å². The number of rotatable bonds is 3.